The van der Waals surface area contributed by atoms with Crippen LogP contribution in [0.3, 0.4) is 0 Å². The van der Waals surface area contributed by atoms with E-state index in [4.69, 9.17) is 4.74 Å². The predicted octanol–water partition coefficient (Wildman–Crippen LogP) is 4.25. The van der Waals surface area contributed by atoms with E-state index in [0.717, 1.165) is 16.6 Å². The van der Waals surface area contributed by atoms with Gasteiger partial charge in [0, 0.05) is 30.4 Å². The highest BCUT2D eigenvalue weighted by atomic mass is 16.5. The van der Waals surface area contributed by atoms with Crippen LogP contribution in [0.4, 0.5) is 5.69 Å². The van der Waals surface area contributed by atoms with Crippen molar-refractivity contribution in [2.24, 2.45) is 0 Å². The molecule has 6 heteroatoms. The second-order valence-corrected chi connectivity index (χ2v) is 7.97. The van der Waals surface area contributed by atoms with Crippen LogP contribution < -0.4 is 20.9 Å². The van der Waals surface area contributed by atoms with Crippen molar-refractivity contribution in [2.45, 2.75) is 26.6 Å². The molecule has 0 aliphatic rings. The number of nitrogens with zero attached hydrogens (tertiary/aromatic N) is 1. The number of ether oxygens (including phenoxy) is 1. The Hall–Kier alpha value is -4.06. The average Bonchev–Trinajstić information content (AvgIpc) is 2.85. The number of aryl methyl sites for hydroxylation is 1. The van der Waals surface area contributed by atoms with Gasteiger partial charge in [0.15, 0.2) is 0 Å². The van der Waals surface area contributed by atoms with Gasteiger partial charge < -0.3 is 15.4 Å². The van der Waals surface area contributed by atoms with Crippen molar-refractivity contribution in [3.8, 4) is 5.75 Å². The fraction of sp³-hybridized carbons (Fsp3) is 0.185. The molecule has 0 unspecified atom stereocenters. The van der Waals surface area contributed by atoms with E-state index >= 15 is 0 Å². The molecule has 4 aromatic rings. The summed E-state index contributed by atoms with van der Waals surface area (Å²) in [6, 6.07) is 25.1. The molecule has 6 nitrogen and oxygen atoms in total. The van der Waals surface area contributed by atoms with Crippen molar-refractivity contribution in [3.05, 3.63) is 106 Å². The Morgan fingerprint density at radius 2 is 1.70 bits per heavy atom. The summed E-state index contributed by atoms with van der Waals surface area (Å²) < 4.78 is 6.86. The average molecular weight is 442 g/mol. The lowest BCUT2D eigenvalue weighted by Crippen LogP contribution is -2.33. The van der Waals surface area contributed by atoms with Crippen LogP contribution in [0.5, 0.6) is 5.75 Å². The molecule has 0 radical (unpaired) electrons. The normalized spacial score (nSPS) is 10.7. The van der Waals surface area contributed by atoms with E-state index in [2.05, 4.69) is 10.6 Å². The van der Waals surface area contributed by atoms with Crippen LogP contribution in [0.2, 0.25) is 0 Å². The highest BCUT2D eigenvalue weighted by Crippen LogP contribution is 2.21. The molecule has 2 N–H and O–H groups in total. The summed E-state index contributed by atoms with van der Waals surface area (Å²) in [6.07, 6.45) is 0. The number of amides is 1. The molecule has 1 aromatic heterocycles. The van der Waals surface area contributed by atoms with Gasteiger partial charge in [0.05, 0.1) is 12.6 Å². The van der Waals surface area contributed by atoms with E-state index in [1.54, 1.807) is 13.2 Å². The van der Waals surface area contributed by atoms with E-state index in [9.17, 15) is 9.59 Å². The third kappa shape index (κ3) is 5.41. The fourth-order valence-electron chi connectivity index (χ4n) is 3.69. The van der Waals surface area contributed by atoms with Crippen LogP contribution in [0, 0.1) is 6.92 Å². The Morgan fingerprint density at radius 1 is 0.939 bits per heavy atom. The Labute approximate surface area is 192 Å². The minimum Gasteiger partial charge on any atom is -0.497 e. The molecule has 1 heterocycles. The summed E-state index contributed by atoms with van der Waals surface area (Å²) in [5.74, 6) is 0.402. The third-order valence-electron chi connectivity index (χ3n) is 5.55. The predicted molar refractivity (Wildman–Crippen MR) is 132 cm³/mol. The summed E-state index contributed by atoms with van der Waals surface area (Å²) in [7, 11) is 1.58. The van der Waals surface area contributed by atoms with Crippen molar-refractivity contribution in [1.82, 2.24) is 9.88 Å². The first-order valence-corrected chi connectivity index (χ1v) is 10.8. The van der Waals surface area contributed by atoms with Gasteiger partial charge in [0.25, 0.3) is 5.56 Å². The van der Waals surface area contributed by atoms with E-state index in [1.807, 2.05) is 79.7 Å². The van der Waals surface area contributed by atoms with E-state index in [-0.39, 0.29) is 18.0 Å². The minimum absolute atomic E-state index is 0.0757. The van der Waals surface area contributed by atoms with Gasteiger partial charge in [0.2, 0.25) is 5.91 Å². The lowest BCUT2D eigenvalue weighted by molar-refractivity contribution is -0.121. The largest absolute Gasteiger partial charge is 0.497 e. The first kappa shape index (κ1) is 22.1. The number of anilines is 1. The van der Waals surface area contributed by atoms with Gasteiger partial charge in [-0.15, -0.1) is 0 Å². The van der Waals surface area contributed by atoms with E-state index in [1.165, 1.54) is 10.1 Å². The van der Waals surface area contributed by atoms with Crippen molar-refractivity contribution < 1.29 is 9.53 Å². The summed E-state index contributed by atoms with van der Waals surface area (Å²) in [6.45, 7) is 2.72. The molecule has 0 aliphatic carbocycles. The van der Waals surface area contributed by atoms with Crippen molar-refractivity contribution in [3.63, 3.8) is 0 Å². The Morgan fingerprint density at radius 3 is 2.42 bits per heavy atom. The number of aromatic nitrogens is 1. The smallest absolute Gasteiger partial charge is 0.256 e. The molecule has 0 bridgehead atoms. The molecule has 4 rings (SSSR count). The van der Waals surface area contributed by atoms with E-state index in [0.29, 0.717) is 29.9 Å². The molecule has 0 atom stereocenters. The number of nitrogens with one attached hydrogen (secondary N) is 2. The molecule has 0 aliphatic heterocycles. The Kier molecular flexibility index (Phi) is 6.74. The van der Waals surface area contributed by atoms with Crippen LogP contribution in [-0.2, 0) is 24.4 Å². The zero-order valence-electron chi connectivity index (χ0n) is 18.8. The van der Waals surface area contributed by atoms with Crippen LogP contribution in [0.25, 0.3) is 10.9 Å². The number of pyridine rings is 1. The molecule has 0 fully saturated rings. The molecule has 1 amide bonds. The molecule has 3 aromatic carbocycles. The summed E-state index contributed by atoms with van der Waals surface area (Å²) in [4.78, 5) is 26.1. The first-order chi connectivity index (χ1) is 16.0. The molecule has 168 valence electrons. The monoisotopic (exact) mass is 441 g/mol. The number of hydrogen-bond donors (Lipinski definition) is 2. The molecule has 0 saturated heterocycles. The van der Waals surface area contributed by atoms with Gasteiger partial charge in [-0.2, -0.15) is 0 Å². The van der Waals surface area contributed by atoms with Crippen LogP contribution in [-0.4, -0.2) is 17.6 Å². The maximum Gasteiger partial charge on any atom is 0.256 e. The van der Waals surface area contributed by atoms with Gasteiger partial charge in [0.1, 0.15) is 12.3 Å². The number of benzene rings is 3. The number of fused-ring (bicyclic) bond motifs is 1. The second-order valence-electron chi connectivity index (χ2n) is 7.97. The third-order valence-corrected chi connectivity index (χ3v) is 5.55. The van der Waals surface area contributed by atoms with Gasteiger partial charge in [-0.05, 0) is 48.2 Å². The van der Waals surface area contributed by atoms with Gasteiger partial charge in [-0.1, -0.05) is 48.0 Å². The molecular formula is C27H27N3O3. The highest BCUT2D eigenvalue weighted by molar-refractivity contribution is 5.84. The number of hydrogen-bond acceptors (Lipinski definition) is 4. The lowest BCUT2D eigenvalue weighted by atomic mass is 10.1. The SMILES string of the molecule is COc1ccc2cc(CNc3ccc(C)cc3)c(=O)n(CC(=O)NCc3ccccc3)c2c1. The quantitative estimate of drug-likeness (QED) is 0.429. The molecule has 0 spiro atoms. The van der Waals surface area contributed by atoms with Crippen LogP contribution >= 0.6 is 0 Å². The van der Waals surface area contributed by atoms with Gasteiger partial charge >= 0.3 is 0 Å². The zero-order valence-corrected chi connectivity index (χ0v) is 18.8. The van der Waals surface area contributed by atoms with E-state index < -0.39 is 0 Å². The summed E-state index contributed by atoms with van der Waals surface area (Å²) in [5.41, 5.74) is 4.15. The maximum absolute atomic E-state index is 13.4. The van der Waals surface area contributed by atoms with Crippen LogP contribution in [0.15, 0.2) is 83.7 Å². The minimum atomic E-state index is -0.228. The van der Waals surface area contributed by atoms with Crippen molar-refractivity contribution in [1.29, 1.82) is 0 Å². The van der Waals surface area contributed by atoms with Gasteiger partial charge in [-0.3, -0.25) is 14.2 Å². The maximum atomic E-state index is 13.4. The van der Waals surface area contributed by atoms with Crippen molar-refractivity contribution in [2.75, 3.05) is 12.4 Å². The lowest BCUT2D eigenvalue weighted by Gasteiger charge is -2.15. The number of carbonyl (C=O) groups excluding carboxylic acids is 1. The molecule has 0 saturated carbocycles. The summed E-state index contributed by atoms with van der Waals surface area (Å²) >= 11 is 0. The number of carbonyl (C=O) groups is 1. The zero-order chi connectivity index (χ0) is 23.2. The second kappa shape index (κ2) is 10.0. The number of methoxy groups -OCH3 is 1. The molecule has 33 heavy (non-hydrogen) atoms. The number of rotatable bonds is 8. The van der Waals surface area contributed by atoms with Crippen molar-refractivity contribution >= 4 is 22.5 Å². The fourth-order valence-corrected chi connectivity index (χ4v) is 3.69. The molecular weight excluding hydrogens is 414 g/mol. The highest BCUT2D eigenvalue weighted by Gasteiger charge is 2.13. The summed E-state index contributed by atoms with van der Waals surface area (Å²) in [5, 5.41) is 7.08. The Balaban J connectivity index is 1.61. The topological polar surface area (TPSA) is 72.4 Å². The Bertz CT molecular complexity index is 1310. The standard InChI is InChI=1S/C27H27N3O3/c1-19-8-11-23(12-9-19)28-17-22-14-21-10-13-24(33-2)15-25(21)30(27(22)32)18-26(31)29-16-20-6-4-3-5-7-20/h3-15,28H,16-18H2,1-2H3,(H,29,31). The first-order valence-electron chi connectivity index (χ1n) is 10.8. The van der Waals surface area contributed by atoms with Crippen LogP contribution in [0.1, 0.15) is 16.7 Å². The van der Waals surface area contributed by atoms with Gasteiger partial charge in [-0.25, -0.2) is 0 Å².